The summed E-state index contributed by atoms with van der Waals surface area (Å²) in [5.74, 6) is 0.890. The van der Waals surface area contributed by atoms with E-state index in [1.165, 1.54) is 12.5 Å². The Labute approximate surface area is 166 Å². The van der Waals surface area contributed by atoms with Crippen LogP contribution in [0.4, 0.5) is 4.39 Å². The topological polar surface area (TPSA) is 49.6 Å². The summed E-state index contributed by atoms with van der Waals surface area (Å²) in [7, 11) is 0. The Kier molecular flexibility index (Phi) is 7.20. The summed E-state index contributed by atoms with van der Waals surface area (Å²) in [6.07, 6.45) is 5.12. The van der Waals surface area contributed by atoms with Gasteiger partial charge in [-0.3, -0.25) is 4.79 Å². The largest absolute Gasteiger partial charge is 0.448 e. The number of hydrogen-bond donors (Lipinski definition) is 0. The Balaban J connectivity index is 1.55. The molecule has 1 fully saturated rings. The molecule has 0 spiro atoms. The highest BCUT2D eigenvalue weighted by Gasteiger charge is 2.26. The van der Waals surface area contributed by atoms with E-state index in [9.17, 15) is 9.18 Å². The van der Waals surface area contributed by atoms with E-state index < -0.39 is 0 Å². The van der Waals surface area contributed by atoms with E-state index in [0.717, 1.165) is 51.0 Å². The molecule has 1 aliphatic heterocycles. The predicted octanol–water partition coefficient (Wildman–Crippen LogP) is 3.79. The van der Waals surface area contributed by atoms with Crippen molar-refractivity contribution in [1.29, 1.82) is 0 Å². The van der Waals surface area contributed by atoms with Gasteiger partial charge >= 0.3 is 0 Å². The molecule has 0 bridgehead atoms. The fourth-order valence-corrected chi connectivity index (χ4v) is 4.00. The van der Waals surface area contributed by atoms with E-state index >= 15 is 0 Å². The van der Waals surface area contributed by atoms with Crippen LogP contribution in [0.3, 0.4) is 0 Å². The third-order valence-corrected chi connectivity index (χ3v) is 5.52. The Morgan fingerprint density at radius 1 is 1.39 bits per heavy atom. The van der Waals surface area contributed by atoms with Crippen LogP contribution >= 0.6 is 0 Å². The van der Waals surface area contributed by atoms with E-state index in [0.29, 0.717) is 30.3 Å². The second kappa shape index (κ2) is 9.82. The molecule has 0 N–H and O–H groups in total. The van der Waals surface area contributed by atoms with Crippen LogP contribution in [-0.2, 0) is 12.8 Å². The molecule has 2 aromatic rings. The van der Waals surface area contributed by atoms with Crippen LogP contribution in [0.25, 0.3) is 0 Å². The molecular formula is C22H30FN3O2. The molecule has 1 aliphatic rings. The Bertz CT molecular complexity index is 777. The number of rotatable bonds is 8. The van der Waals surface area contributed by atoms with Crippen LogP contribution in [0, 0.1) is 11.7 Å². The van der Waals surface area contributed by atoms with Gasteiger partial charge in [-0.2, -0.15) is 0 Å². The predicted molar refractivity (Wildman–Crippen MR) is 107 cm³/mol. The monoisotopic (exact) mass is 387 g/mol. The van der Waals surface area contributed by atoms with Crippen molar-refractivity contribution < 1.29 is 13.6 Å². The number of hydrogen-bond acceptors (Lipinski definition) is 4. The summed E-state index contributed by atoms with van der Waals surface area (Å²) in [6, 6.07) is 6.84. The van der Waals surface area contributed by atoms with Gasteiger partial charge < -0.3 is 14.2 Å². The first-order valence-electron chi connectivity index (χ1n) is 10.3. The molecule has 1 aromatic carbocycles. The minimum Gasteiger partial charge on any atom is -0.448 e. The maximum absolute atomic E-state index is 13.4. The second-order valence-corrected chi connectivity index (χ2v) is 7.51. The average Bonchev–Trinajstić information content (AvgIpc) is 3.19. The molecule has 5 nitrogen and oxygen atoms in total. The number of piperidine rings is 1. The number of nitrogens with zero attached hydrogens (tertiary/aromatic N) is 3. The lowest BCUT2D eigenvalue weighted by Crippen LogP contribution is -2.43. The third kappa shape index (κ3) is 5.19. The van der Waals surface area contributed by atoms with Crippen molar-refractivity contribution >= 4 is 5.91 Å². The number of likely N-dealkylation sites (tertiary alicyclic amines) is 1. The van der Waals surface area contributed by atoms with Gasteiger partial charge in [0.15, 0.2) is 12.1 Å². The average molecular weight is 387 g/mol. The van der Waals surface area contributed by atoms with Gasteiger partial charge in [-0.15, -0.1) is 0 Å². The van der Waals surface area contributed by atoms with Crippen LogP contribution in [-0.4, -0.2) is 53.4 Å². The van der Waals surface area contributed by atoms with Crippen molar-refractivity contribution in [3.05, 3.63) is 53.5 Å². The van der Waals surface area contributed by atoms with Gasteiger partial charge in [-0.05, 0) is 56.3 Å². The summed E-state index contributed by atoms with van der Waals surface area (Å²) >= 11 is 0. The quantitative estimate of drug-likeness (QED) is 0.691. The first-order chi connectivity index (χ1) is 13.6. The molecule has 0 radical (unpaired) electrons. The van der Waals surface area contributed by atoms with Crippen molar-refractivity contribution in [2.75, 3.05) is 32.7 Å². The van der Waals surface area contributed by atoms with Gasteiger partial charge in [-0.25, -0.2) is 9.37 Å². The highest BCUT2D eigenvalue weighted by Crippen LogP contribution is 2.20. The zero-order valence-corrected chi connectivity index (χ0v) is 16.9. The maximum atomic E-state index is 13.4. The molecule has 1 aromatic heterocycles. The molecule has 2 heterocycles. The van der Waals surface area contributed by atoms with Gasteiger partial charge in [-0.1, -0.05) is 19.1 Å². The Hall–Kier alpha value is -2.21. The first kappa shape index (κ1) is 20.5. The fourth-order valence-electron chi connectivity index (χ4n) is 4.00. The summed E-state index contributed by atoms with van der Waals surface area (Å²) in [5, 5.41) is 0. The number of benzene rings is 1. The van der Waals surface area contributed by atoms with Crippen LogP contribution in [0.1, 0.15) is 48.5 Å². The highest BCUT2D eigenvalue weighted by molar-refractivity contribution is 5.93. The Morgan fingerprint density at radius 2 is 2.25 bits per heavy atom. The lowest BCUT2D eigenvalue weighted by molar-refractivity contribution is 0.0683. The molecule has 1 amide bonds. The van der Waals surface area contributed by atoms with Gasteiger partial charge in [0.1, 0.15) is 11.6 Å². The van der Waals surface area contributed by atoms with Crippen molar-refractivity contribution in [3.63, 3.8) is 0 Å². The molecular weight excluding hydrogens is 357 g/mol. The normalized spacial score (nSPS) is 17.6. The first-order valence-corrected chi connectivity index (χ1v) is 10.3. The van der Waals surface area contributed by atoms with Gasteiger partial charge in [0.25, 0.3) is 5.91 Å². The van der Waals surface area contributed by atoms with Gasteiger partial charge in [0.05, 0.1) is 0 Å². The van der Waals surface area contributed by atoms with Crippen molar-refractivity contribution in [2.45, 2.75) is 39.5 Å². The molecule has 3 rings (SSSR count). The zero-order chi connectivity index (χ0) is 19.9. The van der Waals surface area contributed by atoms with Crippen LogP contribution < -0.4 is 0 Å². The standard InChI is InChI=1S/C22H30FN3O2/c1-3-20-21(24-16-28-20)22(27)26(4-2)15-18-8-6-11-25(14-18)12-10-17-7-5-9-19(23)13-17/h5,7,9,13,16,18H,3-4,6,8,10-12,14-15H2,1-2H3. The number of aryl methyl sites for hydroxylation is 1. The molecule has 1 unspecified atom stereocenters. The molecule has 1 saturated heterocycles. The summed E-state index contributed by atoms with van der Waals surface area (Å²) in [5.41, 5.74) is 1.48. The molecule has 0 aliphatic carbocycles. The van der Waals surface area contributed by atoms with E-state index in [2.05, 4.69) is 9.88 Å². The maximum Gasteiger partial charge on any atom is 0.276 e. The number of carbonyl (C=O) groups excluding carboxylic acids is 1. The summed E-state index contributed by atoms with van der Waals surface area (Å²) in [6.45, 7) is 8.33. The SMILES string of the molecule is CCc1ocnc1C(=O)N(CC)CC1CCCN(CCc2cccc(F)c2)C1. The zero-order valence-electron chi connectivity index (χ0n) is 16.9. The van der Waals surface area contributed by atoms with E-state index in [1.807, 2.05) is 24.8 Å². The minimum atomic E-state index is -0.176. The number of amides is 1. The van der Waals surface area contributed by atoms with Crippen LogP contribution in [0.15, 0.2) is 35.1 Å². The summed E-state index contributed by atoms with van der Waals surface area (Å²) < 4.78 is 18.7. The molecule has 0 saturated carbocycles. The Morgan fingerprint density at radius 3 is 3.00 bits per heavy atom. The van der Waals surface area contributed by atoms with Crippen LogP contribution in [0.5, 0.6) is 0 Å². The van der Waals surface area contributed by atoms with E-state index in [-0.39, 0.29) is 11.7 Å². The van der Waals surface area contributed by atoms with E-state index in [1.54, 1.807) is 12.1 Å². The molecule has 1 atom stereocenters. The smallest absolute Gasteiger partial charge is 0.276 e. The number of halogens is 1. The lowest BCUT2D eigenvalue weighted by Gasteiger charge is -2.35. The van der Waals surface area contributed by atoms with Crippen molar-refractivity contribution in [1.82, 2.24) is 14.8 Å². The second-order valence-electron chi connectivity index (χ2n) is 7.51. The van der Waals surface area contributed by atoms with Crippen molar-refractivity contribution in [2.24, 2.45) is 5.92 Å². The highest BCUT2D eigenvalue weighted by atomic mass is 19.1. The van der Waals surface area contributed by atoms with Gasteiger partial charge in [0, 0.05) is 32.6 Å². The van der Waals surface area contributed by atoms with Gasteiger partial charge in [0.2, 0.25) is 0 Å². The van der Waals surface area contributed by atoms with E-state index in [4.69, 9.17) is 4.42 Å². The van der Waals surface area contributed by atoms with Crippen molar-refractivity contribution in [3.8, 4) is 0 Å². The summed E-state index contributed by atoms with van der Waals surface area (Å²) in [4.78, 5) is 21.3. The molecule has 28 heavy (non-hydrogen) atoms. The third-order valence-electron chi connectivity index (χ3n) is 5.52. The van der Waals surface area contributed by atoms with Crippen LogP contribution in [0.2, 0.25) is 0 Å². The number of aromatic nitrogens is 1. The lowest BCUT2D eigenvalue weighted by atomic mass is 9.96. The minimum absolute atomic E-state index is 0.0371. The fraction of sp³-hybridized carbons (Fsp3) is 0.545. The number of carbonyl (C=O) groups is 1. The number of oxazole rings is 1. The molecule has 152 valence electrons. The molecule has 6 heteroatoms.